The number of hydrogen-bond acceptors (Lipinski definition) is 6. The third kappa shape index (κ3) is 3.67. The molecule has 0 aliphatic carbocycles. The number of piperidine rings is 2. The van der Waals surface area contributed by atoms with Crippen LogP contribution in [0.25, 0.3) is 11.2 Å². The average Bonchev–Trinajstić information content (AvgIpc) is 3.18. The number of H-pyrrole nitrogens is 1. The van der Waals surface area contributed by atoms with Gasteiger partial charge in [0.25, 0.3) is 0 Å². The van der Waals surface area contributed by atoms with E-state index in [0.717, 1.165) is 68.2 Å². The minimum Gasteiger partial charge on any atom is -0.355 e. The molecule has 5 rings (SSSR count). The molecule has 29 heavy (non-hydrogen) atoms. The lowest BCUT2D eigenvalue weighted by Gasteiger charge is -2.37. The summed E-state index contributed by atoms with van der Waals surface area (Å²) in [6.45, 7) is 5.93. The number of anilines is 2. The van der Waals surface area contributed by atoms with Gasteiger partial charge in [0.2, 0.25) is 0 Å². The highest BCUT2D eigenvalue weighted by molar-refractivity contribution is 5.84. The highest BCUT2D eigenvalue weighted by Crippen LogP contribution is 2.32. The van der Waals surface area contributed by atoms with Crippen molar-refractivity contribution in [2.24, 2.45) is 5.73 Å². The second-order valence-electron chi connectivity index (χ2n) is 8.81. The van der Waals surface area contributed by atoms with Crippen molar-refractivity contribution in [3.63, 3.8) is 0 Å². The lowest BCUT2D eigenvalue weighted by Crippen LogP contribution is -2.48. The third-order valence-corrected chi connectivity index (χ3v) is 6.46. The van der Waals surface area contributed by atoms with Gasteiger partial charge in [0.05, 0.1) is 6.20 Å². The van der Waals surface area contributed by atoms with Crippen LogP contribution in [0.1, 0.15) is 44.1 Å². The Morgan fingerprint density at radius 3 is 2.69 bits per heavy atom. The van der Waals surface area contributed by atoms with E-state index in [2.05, 4.69) is 57.3 Å². The first-order valence-corrected chi connectivity index (χ1v) is 10.6. The van der Waals surface area contributed by atoms with E-state index in [4.69, 9.17) is 15.7 Å². The van der Waals surface area contributed by atoms with Crippen LogP contribution in [0.4, 0.5) is 11.6 Å². The molecule has 3 aromatic rings. The summed E-state index contributed by atoms with van der Waals surface area (Å²) in [7, 11) is 0. The van der Waals surface area contributed by atoms with Gasteiger partial charge in [0.1, 0.15) is 5.82 Å². The molecule has 152 valence electrons. The molecule has 2 aliphatic heterocycles. The molecule has 0 saturated carbocycles. The van der Waals surface area contributed by atoms with Gasteiger partial charge in [-0.05, 0) is 38.2 Å². The molecule has 0 bridgehead atoms. The van der Waals surface area contributed by atoms with Gasteiger partial charge in [-0.3, -0.25) is 5.10 Å². The van der Waals surface area contributed by atoms with E-state index >= 15 is 0 Å². The second-order valence-corrected chi connectivity index (χ2v) is 8.81. The van der Waals surface area contributed by atoms with Crippen molar-refractivity contribution in [1.29, 1.82) is 0 Å². The summed E-state index contributed by atoms with van der Waals surface area (Å²) < 4.78 is 0. The number of nitrogens with two attached hydrogens (primary N) is 1. The number of aromatic amines is 1. The normalized spacial score (nSPS) is 22.2. The number of aromatic nitrogens is 4. The standard InChI is InChI=1S/C22H29N7/c1-22(23)9-12-28(13-10-22)18-14-24-19-20(25-18)26-27-21(19)29-11-5-8-17(15-29)16-6-3-2-4-7-16/h2-4,6-7,14,17H,5,8-13,15,23H2,1H3,(H,25,26,27). The maximum absolute atomic E-state index is 6.26. The molecule has 0 amide bonds. The monoisotopic (exact) mass is 391 g/mol. The van der Waals surface area contributed by atoms with Gasteiger partial charge in [-0.15, -0.1) is 0 Å². The Morgan fingerprint density at radius 2 is 1.90 bits per heavy atom. The van der Waals surface area contributed by atoms with E-state index in [9.17, 15) is 0 Å². The van der Waals surface area contributed by atoms with Gasteiger partial charge in [-0.25, -0.2) is 9.97 Å². The van der Waals surface area contributed by atoms with Crippen molar-refractivity contribution in [2.75, 3.05) is 36.0 Å². The van der Waals surface area contributed by atoms with Gasteiger partial charge < -0.3 is 15.5 Å². The van der Waals surface area contributed by atoms with Crippen molar-refractivity contribution in [1.82, 2.24) is 20.2 Å². The number of rotatable bonds is 3. The Morgan fingerprint density at radius 1 is 1.10 bits per heavy atom. The third-order valence-electron chi connectivity index (χ3n) is 6.46. The van der Waals surface area contributed by atoms with Crippen molar-refractivity contribution < 1.29 is 0 Å². The van der Waals surface area contributed by atoms with Crippen LogP contribution in [0.3, 0.4) is 0 Å². The molecular formula is C22H29N7. The summed E-state index contributed by atoms with van der Waals surface area (Å²) in [5.41, 5.74) is 9.23. The Labute approximate surface area is 171 Å². The summed E-state index contributed by atoms with van der Waals surface area (Å²) >= 11 is 0. The minimum atomic E-state index is -0.0707. The smallest absolute Gasteiger partial charge is 0.178 e. The van der Waals surface area contributed by atoms with Crippen LogP contribution in [0.15, 0.2) is 36.5 Å². The van der Waals surface area contributed by atoms with Crippen LogP contribution in [-0.4, -0.2) is 51.9 Å². The van der Waals surface area contributed by atoms with Crippen LogP contribution in [0, 0.1) is 0 Å². The van der Waals surface area contributed by atoms with Crippen molar-refractivity contribution in [3.05, 3.63) is 42.1 Å². The Kier molecular flexibility index (Phi) is 4.62. The van der Waals surface area contributed by atoms with Crippen LogP contribution < -0.4 is 15.5 Å². The molecule has 1 atom stereocenters. The van der Waals surface area contributed by atoms with Gasteiger partial charge in [0.15, 0.2) is 17.0 Å². The lowest BCUT2D eigenvalue weighted by molar-refractivity contribution is 0.363. The largest absolute Gasteiger partial charge is 0.355 e. The van der Waals surface area contributed by atoms with Crippen molar-refractivity contribution in [2.45, 2.75) is 44.1 Å². The molecule has 1 aromatic carbocycles. The first-order valence-electron chi connectivity index (χ1n) is 10.6. The van der Waals surface area contributed by atoms with E-state index in [-0.39, 0.29) is 5.54 Å². The van der Waals surface area contributed by atoms with Gasteiger partial charge in [0, 0.05) is 37.6 Å². The van der Waals surface area contributed by atoms with E-state index in [1.54, 1.807) is 0 Å². The van der Waals surface area contributed by atoms with E-state index in [1.165, 1.54) is 12.0 Å². The SMILES string of the molecule is CC1(N)CCN(c2cnc3c(N4CCCC(c5ccccc5)C4)n[nH]c3n2)CC1. The summed E-state index contributed by atoms with van der Waals surface area (Å²) in [6.07, 6.45) is 6.20. The quantitative estimate of drug-likeness (QED) is 0.714. The Hall–Kier alpha value is -2.67. The fraction of sp³-hybridized carbons (Fsp3) is 0.500. The molecule has 4 heterocycles. The zero-order valence-corrected chi connectivity index (χ0v) is 17.0. The van der Waals surface area contributed by atoms with E-state index in [1.807, 2.05) is 6.20 Å². The number of nitrogens with zero attached hydrogens (tertiary/aromatic N) is 5. The molecule has 7 heteroatoms. The molecule has 2 aromatic heterocycles. The second kappa shape index (κ2) is 7.30. The first kappa shape index (κ1) is 18.4. The molecule has 0 radical (unpaired) electrons. The summed E-state index contributed by atoms with van der Waals surface area (Å²) in [4.78, 5) is 14.2. The van der Waals surface area contributed by atoms with E-state index < -0.39 is 0 Å². The predicted octanol–water partition coefficient (Wildman–Crippen LogP) is 3.05. The topological polar surface area (TPSA) is 87.0 Å². The first-order chi connectivity index (χ1) is 14.1. The highest BCUT2D eigenvalue weighted by Gasteiger charge is 2.28. The molecular weight excluding hydrogens is 362 g/mol. The maximum atomic E-state index is 6.26. The Balaban J connectivity index is 1.36. The molecule has 3 N–H and O–H groups in total. The molecule has 7 nitrogen and oxygen atoms in total. The van der Waals surface area contributed by atoms with Crippen molar-refractivity contribution in [3.8, 4) is 0 Å². The summed E-state index contributed by atoms with van der Waals surface area (Å²) in [6, 6.07) is 10.8. The average molecular weight is 392 g/mol. The van der Waals surface area contributed by atoms with Crippen molar-refractivity contribution >= 4 is 22.8 Å². The maximum Gasteiger partial charge on any atom is 0.178 e. The fourth-order valence-corrected chi connectivity index (χ4v) is 4.57. The van der Waals surface area contributed by atoms with Crippen LogP contribution in [0.2, 0.25) is 0 Å². The molecule has 2 fully saturated rings. The minimum absolute atomic E-state index is 0.0707. The highest BCUT2D eigenvalue weighted by atomic mass is 15.3. The molecule has 2 saturated heterocycles. The lowest BCUT2D eigenvalue weighted by atomic mass is 9.91. The van der Waals surface area contributed by atoms with Crippen LogP contribution in [-0.2, 0) is 0 Å². The number of fused-ring (bicyclic) bond motifs is 1. The zero-order chi connectivity index (χ0) is 19.8. The molecule has 0 spiro atoms. The summed E-state index contributed by atoms with van der Waals surface area (Å²) in [5, 5.41) is 7.71. The molecule has 2 aliphatic rings. The number of hydrogen-bond donors (Lipinski definition) is 2. The number of nitrogens with one attached hydrogen (secondary N) is 1. The van der Waals surface area contributed by atoms with Gasteiger partial charge >= 0.3 is 0 Å². The molecule has 1 unspecified atom stereocenters. The van der Waals surface area contributed by atoms with Crippen LogP contribution in [0.5, 0.6) is 0 Å². The summed E-state index contributed by atoms with van der Waals surface area (Å²) in [5.74, 6) is 2.36. The van der Waals surface area contributed by atoms with Crippen LogP contribution >= 0.6 is 0 Å². The van der Waals surface area contributed by atoms with Gasteiger partial charge in [-0.2, -0.15) is 5.10 Å². The number of benzene rings is 1. The van der Waals surface area contributed by atoms with Gasteiger partial charge in [-0.1, -0.05) is 30.3 Å². The Bertz CT molecular complexity index is 971. The fourth-order valence-electron chi connectivity index (χ4n) is 4.57. The van der Waals surface area contributed by atoms with E-state index in [0.29, 0.717) is 5.92 Å². The zero-order valence-electron chi connectivity index (χ0n) is 17.0. The predicted molar refractivity (Wildman–Crippen MR) is 116 cm³/mol.